The van der Waals surface area contributed by atoms with Crippen LogP contribution >= 0.6 is 0 Å². The molecule has 3 rings (SSSR count). The SMILES string of the molecule is CC(C)NCC(COc1cccc2[nH]c3ccccc3c12)O[Si](C)(C)C(C)(C)C. The molecule has 158 valence electrons. The molecule has 0 aliphatic carbocycles. The monoisotopic (exact) mass is 412 g/mol. The Labute approximate surface area is 176 Å². The predicted molar refractivity (Wildman–Crippen MR) is 127 cm³/mol. The van der Waals surface area contributed by atoms with Crippen LogP contribution in [-0.4, -0.2) is 38.6 Å². The van der Waals surface area contributed by atoms with Crippen LogP contribution in [0.15, 0.2) is 42.5 Å². The number of H-pyrrole nitrogens is 1. The molecule has 1 unspecified atom stereocenters. The van der Waals surface area contributed by atoms with Crippen molar-refractivity contribution >= 4 is 30.1 Å². The number of rotatable bonds is 8. The number of fused-ring (bicyclic) bond motifs is 3. The number of aromatic nitrogens is 1. The van der Waals surface area contributed by atoms with Gasteiger partial charge in [-0.1, -0.05) is 58.9 Å². The summed E-state index contributed by atoms with van der Waals surface area (Å²) >= 11 is 0. The van der Waals surface area contributed by atoms with E-state index in [1.54, 1.807) is 0 Å². The Kier molecular flexibility index (Phi) is 6.41. The molecule has 4 nitrogen and oxygen atoms in total. The van der Waals surface area contributed by atoms with Crippen LogP contribution < -0.4 is 10.1 Å². The van der Waals surface area contributed by atoms with Crippen LogP contribution in [0.5, 0.6) is 5.75 Å². The Morgan fingerprint density at radius 3 is 2.38 bits per heavy atom. The van der Waals surface area contributed by atoms with E-state index in [9.17, 15) is 0 Å². The summed E-state index contributed by atoms with van der Waals surface area (Å²) in [6.07, 6.45) is 0.0127. The van der Waals surface area contributed by atoms with Gasteiger partial charge in [-0.15, -0.1) is 0 Å². The third kappa shape index (κ3) is 5.03. The predicted octanol–water partition coefficient (Wildman–Crippen LogP) is 6.09. The normalized spacial score (nSPS) is 14.1. The Bertz CT molecular complexity index is 956. The molecule has 0 spiro atoms. The topological polar surface area (TPSA) is 46.3 Å². The standard InChI is InChI=1S/C24H36N2O2Si/c1-17(2)25-15-18(28-29(6,7)24(3,4)5)16-27-22-14-10-13-21-23(22)19-11-8-9-12-20(19)26-21/h8-14,17-18,25-26H,15-16H2,1-7H3. The number of hydrogen-bond donors (Lipinski definition) is 2. The van der Waals surface area contributed by atoms with Crippen molar-refractivity contribution < 1.29 is 9.16 Å². The first kappa shape index (κ1) is 21.9. The van der Waals surface area contributed by atoms with E-state index in [-0.39, 0.29) is 11.1 Å². The summed E-state index contributed by atoms with van der Waals surface area (Å²) in [6.45, 7) is 17.1. The summed E-state index contributed by atoms with van der Waals surface area (Å²) in [6, 6.07) is 15.0. The molecule has 0 radical (unpaired) electrons. The fourth-order valence-electron chi connectivity index (χ4n) is 3.27. The van der Waals surface area contributed by atoms with Gasteiger partial charge in [0, 0.05) is 28.9 Å². The maximum Gasteiger partial charge on any atom is 0.192 e. The van der Waals surface area contributed by atoms with Gasteiger partial charge >= 0.3 is 0 Å². The van der Waals surface area contributed by atoms with Gasteiger partial charge in [0.15, 0.2) is 8.32 Å². The average Bonchev–Trinajstić information content (AvgIpc) is 3.02. The number of nitrogens with one attached hydrogen (secondary N) is 2. The molecule has 0 fully saturated rings. The molecular formula is C24H36N2O2Si. The highest BCUT2D eigenvalue weighted by Crippen LogP contribution is 2.38. The fraction of sp³-hybridized carbons (Fsp3) is 0.500. The van der Waals surface area contributed by atoms with Crippen molar-refractivity contribution in [3.63, 3.8) is 0 Å². The maximum atomic E-state index is 6.70. The van der Waals surface area contributed by atoms with Gasteiger partial charge in [0.1, 0.15) is 12.4 Å². The molecular weight excluding hydrogens is 376 g/mol. The Morgan fingerprint density at radius 1 is 1.00 bits per heavy atom. The largest absolute Gasteiger partial charge is 0.490 e. The highest BCUT2D eigenvalue weighted by atomic mass is 28.4. The first-order valence-electron chi connectivity index (χ1n) is 10.6. The average molecular weight is 413 g/mol. The van der Waals surface area contributed by atoms with E-state index in [0.717, 1.165) is 28.7 Å². The minimum Gasteiger partial charge on any atom is -0.490 e. The molecule has 2 N–H and O–H groups in total. The number of para-hydroxylation sites is 1. The zero-order valence-corrected chi connectivity index (χ0v) is 19.9. The highest BCUT2D eigenvalue weighted by Gasteiger charge is 2.39. The smallest absolute Gasteiger partial charge is 0.192 e. The number of aromatic amines is 1. The van der Waals surface area contributed by atoms with E-state index in [0.29, 0.717) is 12.6 Å². The molecule has 29 heavy (non-hydrogen) atoms. The van der Waals surface area contributed by atoms with Gasteiger partial charge in [-0.25, -0.2) is 0 Å². The van der Waals surface area contributed by atoms with Crippen molar-refractivity contribution in [2.45, 2.75) is 64.9 Å². The maximum absolute atomic E-state index is 6.70. The van der Waals surface area contributed by atoms with Crippen molar-refractivity contribution in [1.82, 2.24) is 10.3 Å². The van der Waals surface area contributed by atoms with Crippen molar-refractivity contribution in [1.29, 1.82) is 0 Å². The van der Waals surface area contributed by atoms with Gasteiger partial charge in [0.05, 0.1) is 11.6 Å². The third-order valence-corrected chi connectivity index (χ3v) is 10.5. The Hall–Kier alpha value is -1.82. The van der Waals surface area contributed by atoms with E-state index >= 15 is 0 Å². The highest BCUT2D eigenvalue weighted by molar-refractivity contribution is 6.74. The molecule has 5 heteroatoms. The molecule has 0 aliphatic heterocycles. The summed E-state index contributed by atoms with van der Waals surface area (Å²) in [7, 11) is -1.89. The van der Waals surface area contributed by atoms with E-state index in [1.807, 2.05) is 6.07 Å². The summed E-state index contributed by atoms with van der Waals surface area (Å²) in [4.78, 5) is 3.49. The lowest BCUT2D eigenvalue weighted by atomic mass is 10.1. The van der Waals surface area contributed by atoms with Gasteiger partial charge in [0.25, 0.3) is 0 Å². The van der Waals surface area contributed by atoms with Gasteiger partial charge in [-0.05, 0) is 36.3 Å². The first-order valence-corrected chi connectivity index (χ1v) is 13.5. The molecule has 1 aromatic heterocycles. The van der Waals surface area contributed by atoms with Crippen LogP contribution in [0.3, 0.4) is 0 Å². The van der Waals surface area contributed by atoms with Crippen molar-refractivity contribution in [2.75, 3.05) is 13.2 Å². The molecule has 0 amide bonds. The zero-order valence-electron chi connectivity index (χ0n) is 18.9. The van der Waals surface area contributed by atoms with E-state index < -0.39 is 8.32 Å². The van der Waals surface area contributed by atoms with E-state index in [1.165, 1.54) is 5.39 Å². The van der Waals surface area contributed by atoms with Crippen LogP contribution in [0.4, 0.5) is 0 Å². The molecule has 2 aromatic carbocycles. The molecule has 0 saturated heterocycles. The van der Waals surface area contributed by atoms with Crippen molar-refractivity contribution in [3.05, 3.63) is 42.5 Å². The van der Waals surface area contributed by atoms with Crippen LogP contribution in [0.25, 0.3) is 21.8 Å². The number of hydrogen-bond acceptors (Lipinski definition) is 3. The second kappa shape index (κ2) is 8.50. The van der Waals surface area contributed by atoms with Gasteiger partial charge in [0.2, 0.25) is 0 Å². The number of ether oxygens (including phenoxy) is 1. The molecule has 0 bridgehead atoms. The van der Waals surface area contributed by atoms with Gasteiger partial charge in [-0.2, -0.15) is 0 Å². The molecule has 0 saturated carbocycles. The zero-order chi connectivity index (χ0) is 21.2. The minimum absolute atomic E-state index is 0.0127. The summed E-state index contributed by atoms with van der Waals surface area (Å²) < 4.78 is 13.1. The van der Waals surface area contributed by atoms with E-state index in [4.69, 9.17) is 9.16 Å². The van der Waals surface area contributed by atoms with Crippen LogP contribution in [-0.2, 0) is 4.43 Å². The second-order valence-electron chi connectivity index (χ2n) is 9.72. The fourth-order valence-corrected chi connectivity index (χ4v) is 4.60. The lowest BCUT2D eigenvalue weighted by Gasteiger charge is -2.39. The second-order valence-corrected chi connectivity index (χ2v) is 14.5. The van der Waals surface area contributed by atoms with Crippen molar-refractivity contribution in [3.8, 4) is 5.75 Å². The molecule has 0 aliphatic rings. The molecule has 1 atom stereocenters. The van der Waals surface area contributed by atoms with E-state index in [2.05, 4.69) is 94.4 Å². The third-order valence-electron chi connectivity index (χ3n) is 5.94. The lowest BCUT2D eigenvalue weighted by molar-refractivity contribution is 0.113. The minimum atomic E-state index is -1.89. The van der Waals surface area contributed by atoms with Crippen LogP contribution in [0.2, 0.25) is 18.1 Å². The first-order chi connectivity index (χ1) is 13.6. The molecule has 1 heterocycles. The van der Waals surface area contributed by atoms with Gasteiger partial charge in [-0.3, -0.25) is 0 Å². The number of benzene rings is 2. The lowest BCUT2D eigenvalue weighted by Crippen LogP contribution is -2.48. The summed E-state index contributed by atoms with van der Waals surface area (Å²) in [5.41, 5.74) is 2.24. The Morgan fingerprint density at radius 2 is 1.69 bits per heavy atom. The van der Waals surface area contributed by atoms with Crippen LogP contribution in [0, 0.1) is 0 Å². The summed E-state index contributed by atoms with van der Waals surface area (Å²) in [5, 5.41) is 6.03. The Balaban J connectivity index is 1.83. The van der Waals surface area contributed by atoms with Crippen molar-refractivity contribution in [2.24, 2.45) is 0 Å². The molecule has 3 aromatic rings. The van der Waals surface area contributed by atoms with Gasteiger partial charge < -0.3 is 19.5 Å². The quantitative estimate of drug-likeness (QED) is 0.440. The summed E-state index contributed by atoms with van der Waals surface area (Å²) in [5.74, 6) is 0.910. The van der Waals surface area contributed by atoms with Crippen LogP contribution in [0.1, 0.15) is 34.6 Å².